The summed E-state index contributed by atoms with van der Waals surface area (Å²) in [4.78, 5) is 16.3. The Morgan fingerprint density at radius 3 is 1.70 bits per heavy atom. The molecule has 0 saturated carbocycles. The van der Waals surface area contributed by atoms with Crippen molar-refractivity contribution >= 4 is 43.3 Å². The first-order chi connectivity index (χ1) is 19.6. The number of Topliss-reactive ketones (excluding diaryl/α,β-unsaturated/α-hetero) is 1. The van der Waals surface area contributed by atoms with Crippen molar-refractivity contribution in [2.24, 2.45) is 0 Å². The van der Waals surface area contributed by atoms with E-state index < -0.39 is 0 Å². The molecule has 2 nitrogen and oxygen atoms in total. The Bertz CT molecular complexity index is 1140. The van der Waals surface area contributed by atoms with Crippen LogP contribution in [0.3, 0.4) is 0 Å². The second-order valence-electron chi connectivity index (χ2n) is 11.9. The van der Waals surface area contributed by atoms with Crippen LogP contribution in [0.2, 0.25) is 0 Å². The van der Waals surface area contributed by atoms with Crippen molar-refractivity contribution in [2.75, 3.05) is 13.1 Å². The normalized spacial score (nSPS) is 12.5. The molecule has 0 saturated heterocycles. The van der Waals surface area contributed by atoms with Gasteiger partial charge in [0.25, 0.3) is 0 Å². The van der Waals surface area contributed by atoms with Gasteiger partial charge >= 0.3 is 0 Å². The van der Waals surface area contributed by atoms with Gasteiger partial charge in [-0.2, -0.15) is 0 Å². The summed E-state index contributed by atoms with van der Waals surface area (Å²) in [6, 6.07) is 16.8. The third-order valence-electron chi connectivity index (χ3n) is 8.62. The van der Waals surface area contributed by atoms with Crippen LogP contribution >= 0.6 is 15.9 Å². The van der Waals surface area contributed by atoms with Gasteiger partial charge in [-0.05, 0) is 66.5 Å². The highest BCUT2D eigenvalue weighted by atomic mass is 79.9. The number of benzene rings is 3. The highest BCUT2D eigenvalue weighted by Gasteiger charge is 2.22. The van der Waals surface area contributed by atoms with Crippen molar-refractivity contribution < 1.29 is 4.79 Å². The molecule has 0 heterocycles. The largest absolute Gasteiger partial charge is 0.294 e. The van der Waals surface area contributed by atoms with Crippen LogP contribution in [0.1, 0.15) is 134 Å². The molecule has 0 radical (unpaired) electrons. The van der Waals surface area contributed by atoms with Crippen LogP contribution in [0, 0.1) is 0 Å². The molecular weight excluding hydrogens is 554 g/mol. The third kappa shape index (κ3) is 10.3. The van der Waals surface area contributed by atoms with E-state index in [0.717, 1.165) is 28.5 Å². The van der Waals surface area contributed by atoms with Gasteiger partial charge in [-0.15, -0.1) is 0 Å². The molecule has 3 rings (SSSR count). The fraction of sp³-hybridized carbons (Fsp3) is 0.595. The Kier molecular flexibility index (Phi) is 15.3. The van der Waals surface area contributed by atoms with Gasteiger partial charge in [0.05, 0.1) is 6.04 Å². The van der Waals surface area contributed by atoms with Crippen molar-refractivity contribution in [3.63, 3.8) is 0 Å². The summed E-state index contributed by atoms with van der Waals surface area (Å²) in [6.45, 7) is 8.76. The minimum atomic E-state index is -0.0896. The summed E-state index contributed by atoms with van der Waals surface area (Å²) in [5.74, 6) is 0.257. The third-order valence-corrected chi connectivity index (χ3v) is 9.28. The number of carbonyl (C=O) groups is 1. The molecule has 0 aliphatic heterocycles. The highest BCUT2D eigenvalue weighted by Crippen LogP contribution is 2.32. The van der Waals surface area contributed by atoms with Crippen LogP contribution < -0.4 is 0 Å². The lowest BCUT2D eigenvalue weighted by atomic mass is 9.96. The van der Waals surface area contributed by atoms with Gasteiger partial charge in [-0.3, -0.25) is 9.69 Å². The van der Waals surface area contributed by atoms with Gasteiger partial charge in [0.1, 0.15) is 0 Å². The molecule has 0 aliphatic carbocycles. The standard InChI is InChI=1S/C37H54BrNO/c1-4-6-8-10-12-14-16-20-26-39(27-21-17-15-13-11-9-7-5-2)30(3)37(40)32-25-24-31-29-36(38)34-23-19-18-22-33(34)35(31)28-32/h18-19,22-25,28-30H,4-17,20-21,26-27H2,1-3H3/t30-/m1/s1. The Hall–Kier alpha value is -1.71. The molecule has 3 aromatic carbocycles. The monoisotopic (exact) mass is 607 g/mol. The second kappa shape index (κ2) is 18.7. The molecule has 0 spiro atoms. The maximum Gasteiger partial charge on any atom is 0.179 e. The molecule has 0 N–H and O–H groups in total. The number of nitrogens with zero attached hydrogens (tertiary/aromatic N) is 1. The number of halogens is 1. The average Bonchev–Trinajstić information content (AvgIpc) is 2.98. The second-order valence-corrected chi connectivity index (χ2v) is 12.7. The summed E-state index contributed by atoms with van der Waals surface area (Å²) in [5, 5.41) is 4.72. The number of carbonyl (C=O) groups excluding carboxylic acids is 1. The Labute approximate surface area is 253 Å². The van der Waals surface area contributed by atoms with Crippen molar-refractivity contribution in [3.8, 4) is 0 Å². The minimum absolute atomic E-state index is 0.0896. The van der Waals surface area contributed by atoms with E-state index in [1.165, 1.54) is 119 Å². The van der Waals surface area contributed by atoms with E-state index in [1.807, 2.05) is 6.07 Å². The maximum absolute atomic E-state index is 13.9. The van der Waals surface area contributed by atoms with Crippen molar-refractivity contribution in [1.82, 2.24) is 4.90 Å². The molecule has 220 valence electrons. The predicted molar refractivity (Wildman–Crippen MR) is 180 cm³/mol. The molecule has 0 bridgehead atoms. The van der Waals surface area contributed by atoms with Crippen molar-refractivity contribution in [2.45, 2.75) is 130 Å². The van der Waals surface area contributed by atoms with E-state index in [-0.39, 0.29) is 11.8 Å². The molecule has 1 atom stereocenters. The van der Waals surface area contributed by atoms with Gasteiger partial charge in [-0.1, -0.05) is 156 Å². The van der Waals surface area contributed by atoms with Crippen LogP contribution in [0.25, 0.3) is 21.5 Å². The van der Waals surface area contributed by atoms with Gasteiger partial charge in [0.15, 0.2) is 5.78 Å². The number of unbranched alkanes of at least 4 members (excludes halogenated alkanes) is 14. The molecule has 0 unspecified atom stereocenters. The number of hydrogen-bond donors (Lipinski definition) is 0. The van der Waals surface area contributed by atoms with Gasteiger partial charge < -0.3 is 0 Å². The summed E-state index contributed by atoms with van der Waals surface area (Å²) >= 11 is 3.74. The lowest BCUT2D eigenvalue weighted by Gasteiger charge is -2.28. The zero-order valence-corrected chi connectivity index (χ0v) is 27.2. The van der Waals surface area contributed by atoms with Gasteiger partial charge in [-0.25, -0.2) is 0 Å². The summed E-state index contributed by atoms with van der Waals surface area (Å²) in [5.41, 5.74) is 0.837. The van der Waals surface area contributed by atoms with E-state index in [1.54, 1.807) is 0 Å². The van der Waals surface area contributed by atoms with Crippen LogP contribution in [-0.4, -0.2) is 29.8 Å². The van der Waals surface area contributed by atoms with Crippen LogP contribution in [0.5, 0.6) is 0 Å². The van der Waals surface area contributed by atoms with Gasteiger partial charge in [0, 0.05) is 10.0 Å². The SMILES string of the molecule is CCCCCCCCCCN(CCCCCCCCCC)[C@H](C)C(=O)c1ccc2cc(Br)c3ccccc3c2c1. The number of hydrogen-bond acceptors (Lipinski definition) is 2. The Morgan fingerprint density at radius 2 is 1.15 bits per heavy atom. The predicted octanol–water partition coefficient (Wildman–Crippen LogP) is 11.9. The summed E-state index contributed by atoms with van der Waals surface area (Å²) < 4.78 is 1.10. The average molecular weight is 609 g/mol. The first-order valence-corrected chi connectivity index (χ1v) is 17.2. The highest BCUT2D eigenvalue weighted by molar-refractivity contribution is 9.10. The molecule has 0 aromatic heterocycles. The molecule has 40 heavy (non-hydrogen) atoms. The smallest absolute Gasteiger partial charge is 0.179 e. The molecule has 0 fully saturated rings. The zero-order chi connectivity index (χ0) is 28.6. The fourth-order valence-corrected chi connectivity index (χ4v) is 6.61. The summed E-state index contributed by atoms with van der Waals surface area (Å²) in [6.07, 6.45) is 21.2. The molecule has 3 heteroatoms. The zero-order valence-electron chi connectivity index (χ0n) is 25.7. The number of fused-ring (bicyclic) bond motifs is 3. The van der Waals surface area contributed by atoms with E-state index in [9.17, 15) is 4.79 Å². The Balaban J connectivity index is 1.63. The summed E-state index contributed by atoms with van der Waals surface area (Å²) in [7, 11) is 0. The fourth-order valence-electron chi connectivity index (χ4n) is 6.01. The molecule has 0 amide bonds. The molecule has 3 aromatic rings. The number of ketones is 1. The lowest BCUT2D eigenvalue weighted by molar-refractivity contribution is 0.0832. The van der Waals surface area contributed by atoms with Crippen molar-refractivity contribution in [1.29, 1.82) is 0 Å². The van der Waals surface area contributed by atoms with E-state index in [0.29, 0.717) is 0 Å². The quantitative estimate of drug-likeness (QED) is 0.0681. The van der Waals surface area contributed by atoms with E-state index in [4.69, 9.17) is 0 Å². The van der Waals surface area contributed by atoms with Crippen LogP contribution in [0.15, 0.2) is 53.0 Å². The lowest BCUT2D eigenvalue weighted by Crippen LogP contribution is -2.40. The Morgan fingerprint density at radius 1 is 0.650 bits per heavy atom. The van der Waals surface area contributed by atoms with E-state index >= 15 is 0 Å². The van der Waals surface area contributed by atoms with Gasteiger partial charge in [0.2, 0.25) is 0 Å². The minimum Gasteiger partial charge on any atom is -0.294 e. The van der Waals surface area contributed by atoms with E-state index in [2.05, 4.69) is 84.1 Å². The number of rotatable bonds is 21. The maximum atomic E-state index is 13.9. The first kappa shape index (κ1) is 32.8. The van der Waals surface area contributed by atoms with Crippen LogP contribution in [0.4, 0.5) is 0 Å². The van der Waals surface area contributed by atoms with Crippen LogP contribution in [-0.2, 0) is 0 Å². The van der Waals surface area contributed by atoms with Crippen molar-refractivity contribution in [3.05, 3.63) is 58.6 Å². The molecular formula is C37H54BrNO. The topological polar surface area (TPSA) is 20.3 Å². The molecule has 0 aliphatic rings. The first-order valence-electron chi connectivity index (χ1n) is 16.5.